The predicted octanol–water partition coefficient (Wildman–Crippen LogP) is -0.0501. The van der Waals surface area contributed by atoms with Gasteiger partial charge in [-0.05, 0) is 6.42 Å². The molecule has 4 N–H and O–H groups in total. The van der Waals surface area contributed by atoms with Crippen LogP contribution in [0, 0.1) is 0 Å². The minimum atomic E-state index is -1.44. The van der Waals surface area contributed by atoms with Gasteiger partial charge in [0.2, 0.25) is 0 Å². The lowest BCUT2D eigenvalue weighted by atomic mass is 10.0. The Morgan fingerprint density at radius 3 is 2.09 bits per heavy atom. The number of aliphatic hydroxyl groups is 4. The van der Waals surface area contributed by atoms with E-state index < -0.39 is 68.0 Å². The molecule has 11 heteroatoms. The van der Waals surface area contributed by atoms with E-state index in [2.05, 4.69) is 6.92 Å². The Labute approximate surface area is 202 Å². The van der Waals surface area contributed by atoms with E-state index in [0.29, 0.717) is 6.61 Å². The molecule has 2 fully saturated rings. The largest absolute Gasteiger partial charge is 0.394 e. The van der Waals surface area contributed by atoms with Gasteiger partial charge in [0, 0.05) is 27.9 Å². The SMILES string of the molecule is CCCCCCCCO[C@@H]1OC(C(COC)O[C@@H]2OC(C(O)CO)[C@H](O)[C@H]2O)[C@H](OC)[C@H]1OC. The van der Waals surface area contributed by atoms with Crippen molar-refractivity contribution in [3.05, 3.63) is 0 Å². The van der Waals surface area contributed by atoms with Crippen LogP contribution in [0.5, 0.6) is 0 Å². The summed E-state index contributed by atoms with van der Waals surface area (Å²) in [5.41, 5.74) is 0. The number of hydrogen-bond donors (Lipinski definition) is 4. The van der Waals surface area contributed by atoms with E-state index in [-0.39, 0.29) is 6.61 Å². The van der Waals surface area contributed by atoms with Gasteiger partial charge in [-0.15, -0.1) is 0 Å². The van der Waals surface area contributed by atoms with Crippen molar-refractivity contribution in [1.29, 1.82) is 0 Å². The number of rotatable bonds is 17. The second-order valence-electron chi connectivity index (χ2n) is 8.84. The molecule has 0 aromatic carbocycles. The normalized spacial score (nSPS) is 35.6. The summed E-state index contributed by atoms with van der Waals surface area (Å²) < 4.78 is 40.1. The highest BCUT2D eigenvalue weighted by Gasteiger charge is 2.53. The van der Waals surface area contributed by atoms with Crippen LogP contribution in [0.1, 0.15) is 45.4 Å². The molecule has 0 aromatic rings. The Bertz CT molecular complexity index is 539. The molecule has 0 saturated carbocycles. The smallest absolute Gasteiger partial charge is 0.187 e. The molecule has 34 heavy (non-hydrogen) atoms. The second kappa shape index (κ2) is 15.6. The first-order valence-electron chi connectivity index (χ1n) is 12.2. The number of ether oxygens (including phenoxy) is 7. The van der Waals surface area contributed by atoms with Crippen LogP contribution in [0.4, 0.5) is 0 Å². The molecule has 0 radical (unpaired) electrons. The van der Waals surface area contributed by atoms with Crippen LogP contribution in [0.3, 0.4) is 0 Å². The fourth-order valence-corrected chi connectivity index (χ4v) is 4.43. The van der Waals surface area contributed by atoms with Gasteiger partial charge in [-0.1, -0.05) is 39.0 Å². The average molecular weight is 497 g/mol. The number of methoxy groups -OCH3 is 3. The maximum Gasteiger partial charge on any atom is 0.187 e. The first kappa shape index (κ1) is 29.8. The van der Waals surface area contributed by atoms with Crippen molar-refractivity contribution < 1.29 is 53.6 Å². The molecule has 0 aliphatic carbocycles. The van der Waals surface area contributed by atoms with Gasteiger partial charge < -0.3 is 53.6 Å². The number of aliphatic hydroxyl groups excluding tert-OH is 4. The molecular weight excluding hydrogens is 452 g/mol. The van der Waals surface area contributed by atoms with Crippen molar-refractivity contribution in [2.45, 2.75) is 107 Å². The van der Waals surface area contributed by atoms with Gasteiger partial charge in [-0.3, -0.25) is 0 Å². The van der Waals surface area contributed by atoms with Crippen molar-refractivity contribution in [3.63, 3.8) is 0 Å². The summed E-state index contributed by atoms with van der Waals surface area (Å²) in [6, 6.07) is 0. The van der Waals surface area contributed by atoms with E-state index in [1.54, 1.807) is 7.11 Å². The van der Waals surface area contributed by atoms with Gasteiger partial charge in [-0.2, -0.15) is 0 Å². The standard InChI is InChI=1S/C23H44O11/c1-5-6-7-8-9-10-11-31-23-21(30-4)20(29-3)19(34-23)15(13-28-2)32-22-17(27)16(26)18(33-22)14(25)12-24/h14-27H,5-13H2,1-4H3/t14?,15?,16-,17-,18?,19?,20+,21-,22-,23-/m1/s1. The Morgan fingerprint density at radius 2 is 1.47 bits per heavy atom. The summed E-state index contributed by atoms with van der Waals surface area (Å²) in [6.07, 6.45) is -3.07. The van der Waals surface area contributed by atoms with Crippen LogP contribution in [-0.2, 0) is 33.2 Å². The van der Waals surface area contributed by atoms with Crippen molar-refractivity contribution in [3.8, 4) is 0 Å². The monoisotopic (exact) mass is 496 g/mol. The summed E-state index contributed by atoms with van der Waals surface area (Å²) in [5.74, 6) is 0. The van der Waals surface area contributed by atoms with Crippen molar-refractivity contribution in [1.82, 2.24) is 0 Å². The maximum absolute atomic E-state index is 10.4. The minimum absolute atomic E-state index is 0.0704. The topological polar surface area (TPSA) is 146 Å². The Morgan fingerprint density at radius 1 is 0.824 bits per heavy atom. The molecule has 2 aliphatic heterocycles. The third kappa shape index (κ3) is 7.78. The maximum atomic E-state index is 10.4. The van der Waals surface area contributed by atoms with Gasteiger partial charge in [0.25, 0.3) is 0 Å². The van der Waals surface area contributed by atoms with Crippen LogP contribution in [0.15, 0.2) is 0 Å². The summed E-state index contributed by atoms with van der Waals surface area (Å²) in [5, 5.41) is 39.6. The molecule has 2 rings (SSSR count). The van der Waals surface area contributed by atoms with Crippen molar-refractivity contribution in [2.24, 2.45) is 0 Å². The summed E-state index contributed by atoms with van der Waals surface area (Å²) in [7, 11) is 4.58. The van der Waals surface area contributed by atoms with Crippen molar-refractivity contribution in [2.75, 3.05) is 41.2 Å². The third-order valence-corrected chi connectivity index (χ3v) is 6.36. The fraction of sp³-hybridized carbons (Fsp3) is 1.00. The average Bonchev–Trinajstić information content (AvgIpc) is 3.34. The van der Waals surface area contributed by atoms with Gasteiger partial charge in [0.15, 0.2) is 12.6 Å². The van der Waals surface area contributed by atoms with E-state index in [1.165, 1.54) is 39.9 Å². The lowest BCUT2D eigenvalue weighted by Crippen LogP contribution is -2.47. The number of unbranched alkanes of at least 4 members (excludes halogenated alkanes) is 5. The highest BCUT2D eigenvalue weighted by molar-refractivity contribution is 4.96. The molecule has 2 heterocycles. The highest BCUT2D eigenvalue weighted by atomic mass is 16.8. The van der Waals surface area contributed by atoms with Crippen LogP contribution in [0.25, 0.3) is 0 Å². The van der Waals surface area contributed by atoms with Gasteiger partial charge in [0.1, 0.15) is 48.8 Å². The molecule has 0 spiro atoms. The Kier molecular flexibility index (Phi) is 13.7. The van der Waals surface area contributed by atoms with E-state index in [9.17, 15) is 20.4 Å². The minimum Gasteiger partial charge on any atom is -0.394 e. The lowest BCUT2D eigenvalue weighted by molar-refractivity contribution is -0.245. The molecule has 2 saturated heterocycles. The molecule has 2 aliphatic rings. The van der Waals surface area contributed by atoms with Crippen LogP contribution in [0.2, 0.25) is 0 Å². The Hall–Kier alpha value is -0.440. The fourth-order valence-electron chi connectivity index (χ4n) is 4.43. The van der Waals surface area contributed by atoms with Gasteiger partial charge >= 0.3 is 0 Å². The molecule has 4 unspecified atom stereocenters. The molecule has 10 atom stereocenters. The molecule has 0 bridgehead atoms. The first-order chi connectivity index (χ1) is 16.4. The van der Waals surface area contributed by atoms with E-state index >= 15 is 0 Å². The van der Waals surface area contributed by atoms with Gasteiger partial charge in [0.05, 0.1) is 13.2 Å². The molecule has 202 valence electrons. The van der Waals surface area contributed by atoms with E-state index in [1.807, 2.05) is 0 Å². The molecule has 0 aromatic heterocycles. The first-order valence-corrected chi connectivity index (χ1v) is 12.2. The molecular formula is C23H44O11. The Balaban J connectivity index is 1.99. The zero-order chi connectivity index (χ0) is 25.1. The third-order valence-electron chi connectivity index (χ3n) is 6.36. The van der Waals surface area contributed by atoms with E-state index in [4.69, 9.17) is 33.2 Å². The number of hydrogen-bond acceptors (Lipinski definition) is 11. The van der Waals surface area contributed by atoms with E-state index in [0.717, 1.165) is 12.8 Å². The zero-order valence-electron chi connectivity index (χ0n) is 20.8. The molecule has 11 nitrogen and oxygen atoms in total. The lowest BCUT2D eigenvalue weighted by Gasteiger charge is -2.30. The highest BCUT2D eigenvalue weighted by Crippen LogP contribution is 2.33. The summed E-state index contributed by atoms with van der Waals surface area (Å²) >= 11 is 0. The predicted molar refractivity (Wildman–Crippen MR) is 120 cm³/mol. The van der Waals surface area contributed by atoms with Gasteiger partial charge in [-0.25, -0.2) is 0 Å². The van der Waals surface area contributed by atoms with Crippen molar-refractivity contribution >= 4 is 0 Å². The summed E-state index contributed by atoms with van der Waals surface area (Å²) in [6.45, 7) is 2.15. The quantitative estimate of drug-likeness (QED) is 0.201. The zero-order valence-corrected chi connectivity index (χ0v) is 20.8. The summed E-state index contributed by atoms with van der Waals surface area (Å²) in [4.78, 5) is 0. The van der Waals surface area contributed by atoms with Crippen LogP contribution in [-0.4, -0.2) is 123 Å². The second-order valence-corrected chi connectivity index (χ2v) is 8.84. The molecule has 0 amide bonds. The van der Waals surface area contributed by atoms with Crippen LogP contribution >= 0.6 is 0 Å². The van der Waals surface area contributed by atoms with Crippen LogP contribution < -0.4 is 0 Å².